The van der Waals surface area contributed by atoms with E-state index in [1.54, 1.807) is 6.92 Å². The minimum Gasteiger partial charge on any atom is -0.466 e. The first-order valence-corrected chi connectivity index (χ1v) is 7.84. The van der Waals surface area contributed by atoms with Gasteiger partial charge in [0.2, 0.25) is 5.91 Å². The quantitative estimate of drug-likeness (QED) is 0.544. The summed E-state index contributed by atoms with van der Waals surface area (Å²) in [6.45, 7) is 5.80. The van der Waals surface area contributed by atoms with Gasteiger partial charge in [-0.05, 0) is 26.7 Å². The predicted molar refractivity (Wildman–Crippen MR) is 78.4 cm³/mol. The van der Waals surface area contributed by atoms with Crippen LogP contribution in [0.25, 0.3) is 0 Å². The molecule has 0 saturated heterocycles. The zero-order chi connectivity index (χ0) is 14.8. The van der Waals surface area contributed by atoms with Gasteiger partial charge in [0.25, 0.3) is 0 Å². The van der Waals surface area contributed by atoms with Crippen LogP contribution in [0.2, 0.25) is 0 Å². The molecule has 1 amide bonds. The molecule has 1 saturated carbocycles. The number of ether oxygens (including phenoxy) is 1. The number of hydrogen-bond donors (Lipinski definition) is 1. The van der Waals surface area contributed by atoms with Crippen molar-refractivity contribution < 1.29 is 14.3 Å². The van der Waals surface area contributed by atoms with Crippen LogP contribution in [-0.4, -0.2) is 49.1 Å². The average molecular weight is 284 g/mol. The molecule has 20 heavy (non-hydrogen) atoms. The molecule has 5 heteroatoms. The Morgan fingerprint density at radius 1 is 1.20 bits per heavy atom. The van der Waals surface area contributed by atoms with Crippen LogP contribution in [0.15, 0.2) is 0 Å². The summed E-state index contributed by atoms with van der Waals surface area (Å²) in [5.74, 6) is -0.0738. The van der Waals surface area contributed by atoms with E-state index in [0.717, 1.165) is 19.4 Å². The van der Waals surface area contributed by atoms with Crippen LogP contribution in [0.4, 0.5) is 0 Å². The van der Waals surface area contributed by atoms with E-state index in [9.17, 15) is 9.59 Å². The molecule has 0 aromatic carbocycles. The largest absolute Gasteiger partial charge is 0.466 e. The third kappa shape index (κ3) is 5.90. The Morgan fingerprint density at radius 2 is 1.90 bits per heavy atom. The number of esters is 1. The predicted octanol–water partition coefficient (Wildman–Crippen LogP) is 1.71. The molecule has 1 rings (SSSR count). The minimum absolute atomic E-state index is 0.142. The standard InChI is InChI=1S/C15H28N2O3/c1-3-17(13-8-6-5-7-9-13)14(18)12-16-11-10-15(19)20-4-2/h13,16H,3-12H2,1-2H3. The van der Waals surface area contributed by atoms with Gasteiger partial charge in [0, 0.05) is 19.1 Å². The summed E-state index contributed by atoms with van der Waals surface area (Å²) < 4.78 is 4.84. The molecule has 116 valence electrons. The van der Waals surface area contributed by atoms with Gasteiger partial charge < -0.3 is 15.0 Å². The summed E-state index contributed by atoms with van der Waals surface area (Å²) in [7, 11) is 0. The van der Waals surface area contributed by atoms with E-state index in [0.29, 0.717) is 32.2 Å². The number of amides is 1. The second-order valence-corrected chi connectivity index (χ2v) is 5.20. The summed E-state index contributed by atoms with van der Waals surface area (Å²) in [5, 5.41) is 3.04. The Kier molecular flexibility index (Phi) is 8.26. The molecule has 0 radical (unpaired) electrons. The maximum atomic E-state index is 12.2. The molecule has 1 aliphatic carbocycles. The molecule has 0 unspecified atom stereocenters. The van der Waals surface area contributed by atoms with Gasteiger partial charge in [0.05, 0.1) is 19.6 Å². The van der Waals surface area contributed by atoms with Crippen molar-refractivity contribution >= 4 is 11.9 Å². The van der Waals surface area contributed by atoms with Gasteiger partial charge >= 0.3 is 5.97 Å². The zero-order valence-electron chi connectivity index (χ0n) is 12.8. The van der Waals surface area contributed by atoms with Crippen LogP contribution in [0.1, 0.15) is 52.4 Å². The first kappa shape index (κ1) is 17.0. The normalized spacial score (nSPS) is 15.9. The van der Waals surface area contributed by atoms with Crippen LogP contribution < -0.4 is 5.32 Å². The van der Waals surface area contributed by atoms with Gasteiger partial charge in [0.15, 0.2) is 0 Å². The van der Waals surface area contributed by atoms with Crippen LogP contribution in [-0.2, 0) is 14.3 Å². The van der Waals surface area contributed by atoms with Gasteiger partial charge in [-0.15, -0.1) is 0 Å². The number of hydrogen-bond acceptors (Lipinski definition) is 4. The fraction of sp³-hybridized carbons (Fsp3) is 0.867. The SMILES string of the molecule is CCOC(=O)CCNCC(=O)N(CC)C1CCCCC1. The number of rotatable bonds is 8. The van der Waals surface area contributed by atoms with Crippen LogP contribution in [0, 0.1) is 0 Å². The molecule has 0 bridgehead atoms. The lowest BCUT2D eigenvalue weighted by atomic mass is 9.94. The number of likely N-dealkylation sites (N-methyl/N-ethyl adjacent to an activating group) is 1. The highest BCUT2D eigenvalue weighted by atomic mass is 16.5. The zero-order valence-corrected chi connectivity index (χ0v) is 12.8. The van der Waals surface area contributed by atoms with Crippen molar-refractivity contribution in [3.8, 4) is 0 Å². The van der Waals surface area contributed by atoms with Crippen LogP contribution in [0.5, 0.6) is 0 Å². The average Bonchev–Trinajstić information content (AvgIpc) is 2.46. The van der Waals surface area contributed by atoms with Crippen molar-refractivity contribution in [2.75, 3.05) is 26.2 Å². The van der Waals surface area contributed by atoms with E-state index < -0.39 is 0 Å². The monoisotopic (exact) mass is 284 g/mol. The summed E-state index contributed by atoms with van der Waals surface area (Å²) >= 11 is 0. The smallest absolute Gasteiger partial charge is 0.307 e. The van der Waals surface area contributed by atoms with Gasteiger partial charge in [-0.25, -0.2) is 0 Å². The number of carbonyl (C=O) groups is 2. The maximum Gasteiger partial charge on any atom is 0.307 e. The van der Waals surface area contributed by atoms with Gasteiger partial charge in [-0.2, -0.15) is 0 Å². The first-order valence-electron chi connectivity index (χ1n) is 7.84. The van der Waals surface area contributed by atoms with Crippen molar-refractivity contribution in [3.63, 3.8) is 0 Å². The minimum atomic E-state index is -0.216. The number of carbonyl (C=O) groups excluding carboxylic acids is 2. The van der Waals surface area contributed by atoms with Crippen LogP contribution >= 0.6 is 0 Å². The molecule has 5 nitrogen and oxygen atoms in total. The van der Waals surface area contributed by atoms with Gasteiger partial charge in [0.1, 0.15) is 0 Å². The molecule has 0 aromatic heterocycles. The summed E-state index contributed by atoms with van der Waals surface area (Å²) in [5.41, 5.74) is 0. The highest BCUT2D eigenvalue weighted by Crippen LogP contribution is 2.22. The summed E-state index contributed by atoms with van der Waals surface area (Å²) in [6.07, 6.45) is 6.32. The molecule has 0 aromatic rings. The molecule has 0 heterocycles. The van der Waals surface area contributed by atoms with Crippen molar-refractivity contribution in [1.82, 2.24) is 10.2 Å². The number of nitrogens with one attached hydrogen (secondary N) is 1. The van der Waals surface area contributed by atoms with Crippen molar-refractivity contribution in [2.24, 2.45) is 0 Å². The molecule has 1 N–H and O–H groups in total. The second-order valence-electron chi connectivity index (χ2n) is 5.20. The second kappa shape index (κ2) is 9.75. The van der Waals surface area contributed by atoms with E-state index in [-0.39, 0.29) is 11.9 Å². The van der Waals surface area contributed by atoms with Gasteiger partial charge in [-0.3, -0.25) is 9.59 Å². The van der Waals surface area contributed by atoms with E-state index in [1.807, 2.05) is 11.8 Å². The van der Waals surface area contributed by atoms with E-state index >= 15 is 0 Å². The van der Waals surface area contributed by atoms with E-state index in [2.05, 4.69) is 5.32 Å². The fourth-order valence-electron chi connectivity index (χ4n) is 2.75. The third-order valence-corrected chi connectivity index (χ3v) is 3.76. The van der Waals surface area contributed by atoms with E-state index in [4.69, 9.17) is 4.74 Å². The van der Waals surface area contributed by atoms with Gasteiger partial charge in [-0.1, -0.05) is 19.3 Å². The highest BCUT2D eigenvalue weighted by Gasteiger charge is 2.23. The van der Waals surface area contributed by atoms with Crippen molar-refractivity contribution in [1.29, 1.82) is 0 Å². The topological polar surface area (TPSA) is 58.6 Å². The Hall–Kier alpha value is -1.10. The fourth-order valence-corrected chi connectivity index (χ4v) is 2.75. The third-order valence-electron chi connectivity index (χ3n) is 3.76. The Morgan fingerprint density at radius 3 is 2.50 bits per heavy atom. The molecule has 1 aliphatic rings. The maximum absolute atomic E-state index is 12.2. The molecular weight excluding hydrogens is 256 g/mol. The Balaban J connectivity index is 2.23. The molecular formula is C15H28N2O3. The van der Waals surface area contributed by atoms with Crippen molar-refractivity contribution in [3.05, 3.63) is 0 Å². The first-order chi connectivity index (χ1) is 9.69. The molecule has 1 fully saturated rings. The lowest BCUT2D eigenvalue weighted by Crippen LogP contribution is -2.45. The molecule has 0 spiro atoms. The number of nitrogens with zero attached hydrogens (tertiary/aromatic N) is 1. The lowest BCUT2D eigenvalue weighted by Gasteiger charge is -2.33. The van der Waals surface area contributed by atoms with Crippen molar-refractivity contribution in [2.45, 2.75) is 58.4 Å². The molecule has 0 aliphatic heterocycles. The highest BCUT2D eigenvalue weighted by molar-refractivity contribution is 5.78. The Labute approximate surface area is 122 Å². The Bertz CT molecular complexity index is 301. The summed E-state index contributed by atoms with van der Waals surface area (Å²) in [4.78, 5) is 25.3. The van der Waals surface area contributed by atoms with E-state index in [1.165, 1.54) is 19.3 Å². The lowest BCUT2D eigenvalue weighted by molar-refractivity contribution is -0.143. The van der Waals surface area contributed by atoms with Crippen LogP contribution in [0.3, 0.4) is 0 Å². The molecule has 0 atom stereocenters. The summed E-state index contributed by atoms with van der Waals surface area (Å²) in [6, 6.07) is 0.410.